The fraction of sp³-hybridized carbons (Fsp3) is 0.400. The number of benzene rings is 1. The van der Waals surface area contributed by atoms with Crippen molar-refractivity contribution in [2.45, 2.75) is 45.4 Å². The zero-order valence-corrected chi connectivity index (χ0v) is 20.0. The maximum Gasteiger partial charge on any atom is 0.268 e. The van der Waals surface area contributed by atoms with E-state index in [-0.39, 0.29) is 35.1 Å². The number of aromatic nitrogens is 2. The minimum absolute atomic E-state index is 0.124. The van der Waals surface area contributed by atoms with E-state index in [4.69, 9.17) is 4.74 Å². The minimum Gasteiger partial charge on any atom is -0.505 e. The van der Waals surface area contributed by atoms with Gasteiger partial charge in [0.2, 0.25) is 0 Å². The number of rotatable bonds is 5. The number of pyridine rings is 2. The summed E-state index contributed by atoms with van der Waals surface area (Å²) in [5, 5.41) is 13.2. The van der Waals surface area contributed by atoms with E-state index in [9.17, 15) is 19.1 Å². The van der Waals surface area contributed by atoms with Gasteiger partial charge in [-0.1, -0.05) is 12.1 Å². The molecule has 0 bridgehead atoms. The molecule has 0 saturated heterocycles. The lowest BCUT2D eigenvalue weighted by molar-refractivity contribution is 0.0778. The van der Waals surface area contributed by atoms with Gasteiger partial charge in [-0.05, 0) is 45.5 Å². The van der Waals surface area contributed by atoms with E-state index in [1.807, 2.05) is 7.05 Å². The predicted molar refractivity (Wildman–Crippen MR) is 127 cm³/mol. The van der Waals surface area contributed by atoms with Crippen LogP contribution >= 0.6 is 0 Å². The van der Waals surface area contributed by atoms with Crippen molar-refractivity contribution in [3.05, 3.63) is 63.3 Å². The smallest absolute Gasteiger partial charge is 0.268 e. The summed E-state index contributed by atoms with van der Waals surface area (Å²) in [6.07, 6.45) is 1.58. The Bertz CT molecular complexity index is 1310. The Hall–Kier alpha value is -3.46. The highest BCUT2D eigenvalue weighted by Gasteiger charge is 2.33. The number of ether oxygens (including phenoxy) is 1. The van der Waals surface area contributed by atoms with E-state index in [0.29, 0.717) is 29.8 Å². The minimum atomic E-state index is -0.679. The van der Waals surface area contributed by atoms with Gasteiger partial charge < -0.3 is 15.2 Å². The van der Waals surface area contributed by atoms with Crippen LogP contribution in [0.25, 0.3) is 11.0 Å². The summed E-state index contributed by atoms with van der Waals surface area (Å²) < 4.78 is 21.3. The zero-order valence-electron chi connectivity index (χ0n) is 20.0. The van der Waals surface area contributed by atoms with Gasteiger partial charge in [-0.15, -0.1) is 0 Å². The van der Waals surface area contributed by atoms with Gasteiger partial charge in [0.05, 0.1) is 6.54 Å². The second-order valence-electron chi connectivity index (χ2n) is 9.62. The summed E-state index contributed by atoms with van der Waals surface area (Å²) in [5.41, 5.74) is 0.950. The van der Waals surface area contributed by atoms with E-state index in [0.717, 1.165) is 5.56 Å². The Morgan fingerprint density at radius 1 is 1.32 bits per heavy atom. The van der Waals surface area contributed by atoms with Crippen LogP contribution in [0.4, 0.5) is 4.39 Å². The number of carbonyl (C=O) groups excluding carboxylic acids is 1. The maximum atomic E-state index is 13.4. The summed E-state index contributed by atoms with van der Waals surface area (Å²) in [6.45, 7) is 6.99. The zero-order chi connectivity index (χ0) is 24.8. The van der Waals surface area contributed by atoms with Crippen LogP contribution in [0, 0.1) is 5.82 Å². The lowest BCUT2D eigenvalue weighted by atomic mass is 10.0. The molecule has 0 saturated carbocycles. The van der Waals surface area contributed by atoms with E-state index in [1.54, 1.807) is 18.3 Å². The van der Waals surface area contributed by atoms with Gasteiger partial charge in [0.1, 0.15) is 28.5 Å². The Morgan fingerprint density at radius 2 is 2.00 bits per heavy atom. The lowest BCUT2D eigenvalue weighted by Gasteiger charge is -2.37. The van der Waals surface area contributed by atoms with Gasteiger partial charge in [0.25, 0.3) is 11.5 Å². The average Bonchev–Trinajstić information content (AvgIpc) is 2.78. The molecule has 0 unspecified atom stereocenters. The lowest BCUT2D eigenvalue weighted by Crippen LogP contribution is -2.48. The van der Waals surface area contributed by atoms with Crippen molar-refractivity contribution in [1.29, 1.82) is 0 Å². The van der Waals surface area contributed by atoms with Crippen LogP contribution in [-0.2, 0) is 13.0 Å². The number of halogens is 1. The molecule has 2 N–H and O–H groups in total. The highest BCUT2D eigenvalue weighted by atomic mass is 19.1. The van der Waals surface area contributed by atoms with Crippen LogP contribution in [0.5, 0.6) is 11.5 Å². The molecule has 0 fully saturated rings. The first-order valence-corrected chi connectivity index (χ1v) is 11.1. The molecule has 0 radical (unpaired) electrons. The van der Waals surface area contributed by atoms with Crippen molar-refractivity contribution < 1.29 is 19.0 Å². The number of hydrogen-bond acceptors (Lipinski definition) is 6. The fourth-order valence-electron chi connectivity index (χ4n) is 4.07. The summed E-state index contributed by atoms with van der Waals surface area (Å²) in [6, 6.07) is 6.13. The van der Waals surface area contributed by atoms with Crippen molar-refractivity contribution >= 4 is 16.9 Å². The third-order valence-corrected chi connectivity index (χ3v) is 6.33. The number of aromatic hydroxyl groups is 1. The van der Waals surface area contributed by atoms with Crippen molar-refractivity contribution in [2.24, 2.45) is 0 Å². The molecule has 1 atom stereocenters. The molecule has 0 spiro atoms. The van der Waals surface area contributed by atoms with Gasteiger partial charge in [0, 0.05) is 37.3 Å². The molecule has 1 amide bonds. The second kappa shape index (κ2) is 8.72. The van der Waals surface area contributed by atoms with E-state index in [2.05, 4.69) is 36.0 Å². The van der Waals surface area contributed by atoms with Gasteiger partial charge in [0.15, 0.2) is 11.5 Å². The quantitative estimate of drug-likeness (QED) is 0.598. The van der Waals surface area contributed by atoms with Crippen LogP contribution in [0.1, 0.15) is 42.3 Å². The van der Waals surface area contributed by atoms with Crippen molar-refractivity contribution in [1.82, 2.24) is 19.8 Å². The monoisotopic (exact) mass is 468 g/mol. The summed E-state index contributed by atoms with van der Waals surface area (Å²) in [5.74, 6) is -1.05. The molecule has 8 nitrogen and oxygen atoms in total. The molecule has 1 aliphatic heterocycles. The number of amides is 1. The van der Waals surface area contributed by atoms with Crippen molar-refractivity contribution in [3.63, 3.8) is 0 Å². The maximum absolute atomic E-state index is 13.4. The molecule has 3 heterocycles. The van der Waals surface area contributed by atoms with Crippen LogP contribution < -0.4 is 15.6 Å². The molecule has 1 aromatic carbocycles. The summed E-state index contributed by atoms with van der Waals surface area (Å²) in [7, 11) is 3.38. The second-order valence-corrected chi connectivity index (χ2v) is 9.62. The molecule has 34 heavy (non-hydrogen) atoms. The molecule has 1 aliphatic rings. The predicted octanol–water partition coefficient (Wildman–Crippen LogP) is 2.68. The van der Waals surface area contributed by atoms with Gasteiger partial charge in [-0.2, -0.15) is 0 Å². The van der Waals surface area contributed by atoms with Gasteiger partial charge >= 0.3 is 0 Å². The first-order chi connectivity index (χ1) is 16.0. The average molecular weight is 469 g/mol. The first kappa shape index (κ1) is 23.7. The van der Waals surface area contributed by atoms with Gasteiger partial charge in [-0.25, -0.2) is 4.39 Å². The molecule has 9 heteroatoms. The SMILES string of the molecule is CNC(=O)c1c(O)c2ncc(Cc3ccc(F)cc3)c3c2n(c1=O)C[C@@H](CN(C)C(C)(C)C)O3. The Balaban J connectivity index is 1.89. The standard InChI is InChI=1S/C25H29FN4O4/c1-25(2,3)29(5)12-17-13-30-20-19(21(31)18(24(30)33)23(32)27-4)28-11-15(22(20)34-17)10-14-6-8-16(26)9-7-14/h6-9,11,17,31H,10,12-13H2,1-5H3,(H,27,32)/t17-/m1/s1. The third-order valence-electron chi connectivity index (χ3n) is 6.33. The van der Waals surface area contributed by atoms with Crippen molar-refractivity contribution in [3.8, 4) is 11.5 Å². The molecule has 2 aromatic heterocycles. The highest BCUT2D eigenvalue weighted by molar-refractivity contribution is 6.02. The number of nitrogens with zero attached hydrogens (tertiary/aromatic N) is 3. The van der Waals surface area contributed by atoms with Gasteiger partial charge in [-0.3, -0.25) is 24.0 Å². The Kier molecular flexibility index (Phi) is 6.07. The Morgan fingerprint density at radius 3 is 2.62 bits per heavy atom. The molecular formula is C25H29FN4O4. The third kappa shape index (κ3) is 4.23. The molecule has 4 rings (SSSR count). The van der Waals surface area contributed by atoms with E-state index < -0.39 is 17.2 Å². The summed E-state index contributed by atoms with van der Waals surface area (Å²) >= 11 is 0. The van der Waals surface area contributed by atoms with E-state index in [1.165, 1.54) is 23.7 Å². The number of likely N-dealkylation sites (N-methyl/N-ethyl adjacent to an activating group) is 1. The van der Waals surface area contributed by atoms with Crippen LogP contribution in [0.3, 0.4) is 0 Å². The van der Waals surface area contributed by atoms with E-state index >= 15 is 0 Å². The molecule has 3 aromatic rings. The summed E-state index contributed by atoms with van der Waals surface area (Å²) in [4.78, 5) is 32.3. The van der Waals surface area contributed by atoms with Crippen LogP contribution in [-0.4, -0.2) is 57.7 Å². The molecule has 180 valence electrons. The van der Waals surface area contributed by atoms with Crippen LogP contribution in [0.2, 0.25) is 0 Å². The molecular weight excluding hydrogens is 439 g/mol. The number of carbonyl (C=O) groups is 1. The normalized spacial score (nSPS) is 15.4. The number of hydrogen-bond donors (Lipinski definition) is 2. The fourth-order valence-corrected chi connectivity index (χ4v) is 4.07. The largest absolute Gasteiger partial charge is 0.505 e. The topological polar surface area (TPSA) is 96.7 Å². The molecule has 0 aliphatic carbocycles. The Labute approximate surface area is 197 Å². The van der Waals surface area contributed by atoms with Crippen LogP contribution in [0.15, 0.2) is 35.3 Å². The highest BCUT2D eigenvalue weighted by Crippen LogP contribution is 2.38. The van der Waals surface area contributed by atoms with Crippen molar-refractivity contribution in [2.75, 3.05) is 20.6 Å². The first-order valence-electron chi connectivity index (χ1n) is 11.1. The number of nitrogens with one attached hydrogen (secondary N) is 1.